The highest BCUT2D eigenvalue weighted by Gasteiger charge is 2.42. The molecule has 1 aliphatic carbocycles. The van der Waals surface area contributed by atoms with Crippen molar-refractivity contribution >= 4 is 0 Å². The lowest BCUT2D eigenvalue weighted by molar-refractivity contribution is -0.135. The first-order valence-corrected chi connectivity index (χ1v) is 6.22. The fourth-order valence-corrected chi connectivity index (χ4v) is 2.76. The maximum absolute atomic E-state index is 5.91. The van der Waals surface area contributed by atoms with Crippen LogP contribution >= 0.6 is 0 Å². The fourth-order valence-electron chi connectivity index (χ4n) is 2.76. The molecule has 2 fully saturated rings. The highest BCUT2D eigenvalue weighted by atomic mass is 16.5. The third-order valence-electron chi connectivity index (χ3n) is 3.90. The number of rotatable bonds is 3. The number of hydrogen-bond donors (Lipinski definition) is 2. The van der Waals surface area contributed by atoms with Gasteiger partial charge in [-0.2, -0.15) is 5.10 Å². The largest absolute Gasteiger partial charge is 0.375 e. The highest BCUT2D eigenvalue weighted by molar-refractivity contribution is 4.99. The minimum absolute atomic E-state index is 0.240. The van der Waals surface area contributed by atoms with Gasteiger partial charge in [-0.3, -0.25) is 5.10 Å². The second-order valence-electron chi connectivity index (χ2n) is 5.04. The van der Waals surface area contributed by atoms with E-state index in [2.05, 4.69) is 15.5 Å². The van der Waals surface area contributed by atoms with Gasteiger partial charge in [0, 0.05) is 31.1 Å². The molecule has 0 aromatic carbocycles. The van der Waals surface area contributed by atoms with Crippen molar-refractivity contribution in [1.82, 2.24) is 15.5 Å². The van der Waals surface area contributed by atoms with Crippen LogP contribution in [0.25, 0.3) is 0 Å². The lowest BCUT2D eigenvalue weighted by Gasteiger charge is -2.47. The first-order chi connectivity index (χ1) is 7.86. The van der Waals surface area contributed by atoms with E-state index in [4.69, 9.17) is 4.74 Å². The quantitative estimate of drug-likeness (QED) is 0.815. The molecule has 1 saturated carbocycles. The molecule has 1 aromatic heterocycles. The zero-order chi connectivity index (χ0) is 10.8. The van der Waals surface area contributed by atoms with Gasteiger partial charge in [0.25, 0.3) is 0 Å². The van der Waals surface area contributed by atoms with Crippen molar-refractivity contribution in [2.45, 2.75) is 50.3 Å². The molecule has 0 radical (unpaired) electrons. The Kier molecular flexibility index (Phi) is 2.69. The number of nitrogens with zero attached hydrogens (tertiary/aromatic N) is 1. The molecule has 1 unspecified atom stereocenters. The number of ether oxygens (including phenoxy) is 1. The lowest BCUT2D eigenvalue weighted by Crippen LogP contribution is -2.50. The van der Waals surface area contributed by atoms with E-state index in [1.165, 1.54) is 25.7 Å². The Hall–Kier alpha value is -0.870. The summed E-state index contributed by atoms with van der Waals surface area (Å²) in [4.78, 5) is 0. The van der Waals surface area contributed by atoms with E-state index in [0.29, 0.717) is 6.04 Å². The van der Waals surface area contributed by atoms with Gasteiger partial charge in [-0.1, -0.05) is 0 Å². The van der Waals surface area contributed by atoms with E-state index in [0.717, 1.165) is 25.3 Å². The molecule has 88 valence electrons. The van der Waals surface area contributed by atoms with Gasteiger partial charge in [0.05, 0.1) is 5.60 Å². The molecule has 1 aromatic rings. The molecule has 16 heavy (non-hydrogen) atoms. The first kappa shape index (κ1) is 10.3. The molecule has 2 heterocycles. The molecule has 0 amide bonds. The molecule has 1 aliphatic heterocycles. The second-order valence-corrected chi connectivity index (χ2v) is 5.04. The van der Waals surface area contributed by atoms with Crippen molar-refractivity contribution in [3.63, 3.8) is 0 Å². The summed E-state index contributed by atoms with van der Waals surface area (Å²) in [5.41, 5.74) is 1.40. The smallest absolute Gasteiger partial charge is 0.0697 e. The number of hydrogen-bond acceptors (Lipinski definition) is 3. The maximum Gasteiger partial charge on any atom is 0.0697 e. The van der Waals surface area contributed by atoms with Crippen LogP contribution in [0.3, 0.4) is 0 Å². The Morgan fingerprint density at radius 3 is 3.19 bits per heavy atom. The van der Waals surface area contributed by atoms with Crippen molar-refractivity contribution in [2.24, 2.45) is 0 Å². The molecule has 2 aliphatic rings. The van der Waals surface area contributed by atoms with Crippen LogP contribution in [0.4, 0.5) is 0 Å². The van der Waals surface area contributed by atoms with Gasteiger partial charge in [-0.25, -0.2) is 0 Å². The van der Waals surface area contributed by atoms with Crippen LogP contribution in [0, 0.1) is 0 Å². The van der Waals surface area contributed by atoms with E-state index in [1.807, 2.05) is 6.07 Å². The third kappa shape index (κ3) is 1.99. The summed E-state index contributed by atoms with van der Waals surface area (Å²) in [6.45, 7) is 1.81. The number of H-pyrrole nitrogens is 1. The van der Waals surface area contributed by atoms with Gasteiger partial charge in [0.2, 0.25) is 0 Å². The minimum atomic E-state index is 0.240. The molecular weight excluding hydrogens is 202 g/mol. The van der Waals surface area contributed by atoms with Crippen LogP contribution in [0.5, 0.6) is 0 Å². The van der Waals surface area contributed by atoms with Gasteiger partial charge in [0.1, 0.15) is 0 Å². The number of aromatic amines is 1. The Balaban J connectivity index is 1.51. The van der Waals surface area contributed by atoms with Gasteiger partial charge < -0.3 is 10.1 Å². The number of nitrogens with one attached hydrogen (secondary N) is 2. The summed E-state index contributed by atoms with van der Waals surface area (Å²) in [6, 6.07) is 2.63. The van der Waals surface area contributed by atoms with Gasteiger partial charge in [-0.05, 0) is 38.2 Å². The van der Waals surface area contributed by atoms with E-state index >= 15 is 0 Å². The zero-order valence-electron chi connectivity index (χ0n) is 9.54. The van der Waals surface area contributed by atoms with Crippen LogP contribution in [0.15, 0.2) is 12.3 Å². The van der Waals surface area contributed by atoms with Crippen molar-refractivity contribution in [3.05, 3.63) is 18.0 Å². The molecular formula is C12H19N3O. The van der Waals surface area contributed by atoms with Gasteiger partial charge >= 0.3 is 0 Å². The standard InChI is InChI=1S/C12H19N3O/c1-4-12(5-1)8-10(3-7-16-12)13-9-11-2-6-14-15-11/h2,6,10,13H,1,3-5,7-9H2,(H,14,15). The summed E-state index contributed by atoms with van der Waals surface area (Å²) >= 11 is 0. The molecule has 0 bridgehead atoms. The summed E-state index contributed by atoms with van der Waals surface area (Å²) in [7, 11) is 0. The maximum atomic E-state index is 5.91. The topological polar surface area (TPSA) is 49.9 Å². The van der Waals surface area contributed by atoms with Crippen LogP contribution in [-0.4, -0.2) is 28.4 Å². The van der Waals surface area contributed by atoms with Gasteiger partial charge in [0.15, 0.2) is 0 Å². The molecule has 2 N–H and O–H groups in total. The second kappa shape index (κ2) is 4.18. The molecule has 4 nitrogen and oxygen atoms in total. The van der Waals surface area contributed by atoms with Crippen LogP contribution < -0.4 is 5.32 Å². The first-order valence-electron chi connectivity index (χ1n) is 6.22. The molecule has 1 spiro atoms. The van der Waals surface area contributed by atoms with Crippen LogP contribution in [0.2, 0.25) is 0 Å². The fraction of sp³-hybridized carbons (Fsp3) is 0.750. The van der Waals surface area contributed by atoms with Gasteiger partial charge in [-0.15, -0.1) is 0 Å². The summed E-state index contributed by atoms with van der Waals surface area (Å²) in [6.07, 6.45) is 7.98. The van der Waals surface area contributed by atoms with Crippen molar-refractivity contribution in [1.29, 1.82) is 0 Å². The summed E-state index contributed by atoms with van der Waals surface area (Å²) < 4.78 is 5.91. The Labute approximate surface area is 95.8 Å². The van der Waals surface area contributed by atoms with E-state index < -0.39 is 0 Å². The summed E-state index contributed by atoms with van der Waals surface area (Å²) in [5.74, 6) is 0. The number of aromatic nitrogens is 2. The molecule has 4 heteroatoms. The van der Waals surface area contributed by atoms with Crippen molar-refractivity contribution < 1.29 is 4.74 Å². The van der Waals surface area contributed by atoms with E-state index in [1.54, 1.807) is 6.20 Å². The van der Waals surface area contributed by atoms with Crippen molar-refractivity contribution in [3.8, 4) is 0 Å². The zero-order valence-corrected chi connectivity index (χ0v) is 9.54. The van der Waals surface area contributed by atoms with Crippen LogP contribution in [-0.2, 0) is 11.3 Å². The van der Waals surface area contributed by atoms with E-state index in [-0.39, 0.29) is 5.60 Å². The SMILES string of the molecule is c1cc(CNC2CCOC3(CCC3)C2)[nH]n1. The minimum Gasteiger partial charge on any atom is -0.375 e. The average molecular weight is 221 g/mol. The predicted molar refractivity (Wildman–Crippen MR) is 61.0 cm³/mol. The summed E-state index contributed by atoms with van der Waals surface area (Å²) in [5, 5.41) is 10.5. The highest BCUT2D eigenvalue weighted by Crippen LogP contribution is 2.42. The average Bonchev–Trinajstić information content (AvgIpc) is 2.77. The predicted octanol–water partition coefficient (Wildman–Crippen LogP) is 1.60. The lowest BCUT2D eigenvalue weighted by atomic mass is 9.74. The third-order valence-corrected chi connectivity index (χ3v) is 3.90. The molecule has 1 saturated heterocycles. The molecule has 3 rings (SSSR count). The normalized spacial score (nSPS) is 27.9. The monoisotopic (exact) mass is 221 g/mol. The van der Waals surface area contributed by atoms with Crippen LogP contribution in [0.1, 0.15) is 37.8 Å². The van der Waals surface area contributed by atoms with Crippen molar-refractivity contribution in [2.75, 3.05) is 6.61 Å². The Bertz CT molecular complexity index is 332. The molecule has 1 atom stereocenters. The Morgan fingerprint density at radius 1 is 1.56 bits per heavy atom. The Morgan fingerprint density at radius 2 is 2.50 bits per heavy atom. The van der Waals surface area contributed by atoms with E-state index in [9.17, 15) is 0 Å².